The van der Waals surface area contributed by atoms with Crippen molar-refractivity contribution in [2.24, 2.45) is 0 Å². The average molecular weight is 340 g/mol. The standard InChI is InChI=1S/C16H20N8O/c1-10(2)13-20-15(22-16(21-13)24(3)4)18-9-12-19-14(23-25-12)11-5-7-17-8-6-11/h5-8,10H,9H2,1-4H3,(H,18,20,21,22). The molecule has 1 N–H and O–H groups in total. The van der Waals surface area contributed by atoms with Crippen molar-refractivity contribution in [1.82, 2.24) is 30.1 Å². The highest BCUT2D eigenvalue weighted by Crippen LogP contribution is 2.17. The van der Waals surface area contributed by atoms with E-state index in [1.54, 1.807) is 12.4 Å². The first kappa shape index (κ1) is 16.7. The van der Waals surface area contributed by atoms with Gasteiger partial charge in [0.2, 0.25) is 23.6 Å². The molecule has 0 amide bonds. The summed E-state index contributed by atoms with van der Waals surface area (Å²) in [5.74, 6) is 2.97. The highest BCUT2D eigenvalue weighted by Gasteiger charge is 2.13. The monoisotopic (exact) mass is 340 g/mol. The lowest BCUT2D eigenvalue weighted by atomic mass is 10.2. The van der Waals surface area contributed by atoms with Gasteiger partial charge >= 0.3 is 0 Å². The van der Waals surface area contributed by atoms with Crippen molar-refractivity contribution in [3.63, 3.8) is 0 Å². The Kier molecular flexibility index (Phi) is 4.82. The van der Waals surface area contributed by atoms with Crippen LogP contribution >= 0.6 is 0 Å². The summed E-state index contributed by atoms with van der Waals surface area (Å²) >= 11 is 0. The van der Waals surface area contributed by atoms with E-state index >= 15 is 0 Å². The number of hydrogen-bond acceptors (Lipinski definition) is 9. The number of pyridine rings is 1. The molecule has 0 atom stereocenters. The Hall–Kier alpha value is -3.10. The van der Waals surface area contributed by atoms with E-state index in [9.17, 15) is 0 Å². The van der Waals surface area contributed by atoms with E-state index in [0.717, 1.165) is 11.4 Å². The summed E-state index contributed by atoms with van der Waals surface area (Å²) in [6, 6.07) is 3.65. The van der Waals surface area contributed by atoms with Crippen LogP contribution in [-0.4, -0.2) is 44.2 Å². The number of rotatable bonds is 6. The molecule has 25 heavy (non-hydrogen) atoms. The van der Waals surface area contributed by atoms with E-state index in [-0.39, 0.29) is 5.92 Å². The maximum Gasteiger partial charge on any atom is 0.246 e. The zero-order valence-corrected chi connectivity index (χ0v) is 14.6. The third-order valence-corrected chi connectivity index (χ3v) is 3.36. The summed E-state index contributed by atoms with van der Waals surface area (Å²) in [7, 11) is 3.78. The van der Waals surface area contributed by atoms with E-state index in [1.807, 2.05) is 45.0 Å². The SMILES string of the molecule is CC(C)c1nc(NCc2nc(-c3ccncc3)no2)nc(N(C)C)n1. The lowest BCUT2D eigenvalue weighted by Crippen LogP contribution is -2.17. The van der Waals surface area contributed by atoms with Gasteiger partial charge in [-0.15, -0.1) is 0 Å². The first-order chi connectivity index (χ1) is 12.0. The molecule has 0 aliphatic carbocycles. The zero-order valence-electron chi connectivity index (χ0n) is 14.6. The molecule has 0 aliphatic heterocycles. The van der Waals surface area contributed by atoms with Crippen LogP contribution in [0.2, 0.25) is 0 Å². The van der Waals surface area contributed by atoms with E-state index in [1.165, 1.54) is 0 Å². The minimum atomic E-state index is 0.198. The summed E-state index contributed by atoms with van der Waals surface area (Å²) in [5, 5.41) is 7.09. The van der Waals surface area contributed by atoms with Gasteiger partial charge in [0.05, 0.1) is 6.54 Å². The quantitative estimate of drug-likeness (QED) is 0.722. The van der Waals surface area contributed by atoms with Gasteiger partial charge in [0.15, 0.2) is 0 Å². The lowest BCUT2D eigenvalue weighted by molar-refractivity contribution is 0.383. The molecule has 0 radical (unpaired) electrons. The Labute approximate surface area is 145 Å². The topological polar surface area (TPSA) is 106 Å². The van der Waals surface area contributed by atoms with Crippen LogP contribution in [0.15, 0.2) is 29.0 Å². The van der Waals surface area contributed by atoms with Crippen molar-refractivity contribution >= 4 is 11.9 Å². The van der Waals surface area contributed by atoms with Crippen LogP contribution in [-0.2, 0) is 6.54 Å². The summed E-state index contributed by atoms with van der Waals surface area (Å²) in [5.41, 5.74) is 0.849. The Balaban J connectivity index is 1.74. The minimum absolute atomic E-state index is 0.198. The molecule has 3 aromatic heterocycles. The molecule has 0 aromatic carbocycles. The molecule has 0 unspecified atom stereocenters. The predicted octanol–water partition coefficient (Wildman–Crippen LogP) is 2.12. The second-order valence-electron chi connectivity index (χ2n) is 5.97. The van der Waals surface area contributed by atoms with Crippen LogP contribution in [0.1, 0.15) is 31.5 Å². The largest absolute Gasteiger partial charge is 0.347 e. The molecule has 0 aliphatic rings. The maximum absolute atomic E-state index is 5.27. The number of nitrogens with one attached hydrogen (secondary N) is 1. The molecule has 130 valence electrons. The van der Waals surface area contributed by atoms with Gasteiger partial charge in [-0.3, -0.25) is 4.98 Å². The Morgan fingerprint density at radius 2 is 1.84 bits per heavy atom. The van der Waals surface area contributed by atoms with Crippen molar-refractivity contribution in [3.05, 3.63) is 36.2 Å². The van der Waals surface area contributed by atoms with Crippen LogP contribution in [0.5, 0.6) is 0 Å². The van der Waals surface area contributed by atoms with Crippen molar-refractivity contribution < 1.29 is 4.52 Å². The molecule has 3 rings (SSSR count). The summed E-state index contributed by atoms with van der Waals surface area (Å²) in [6.45, 7) is 4.40. The van der Waals surface area contributed by atoms with Crippen LogP contribution in [0, 0.1) is 0 Å². The Morgan fingerprint density at radius 1 is 1.08 bits per heavy atom. The molecule has 0 bridgehead atoms. The number of nitrogens with zero attached hydrogens (tertiary/aromatic N) is 7. The number of hydrogen-bond donors (Lipinski definition) is 1. The molecular formula is C16H20N8O. The fourth-order valence-corrected chi connectivity index (χ4v) is 2.02. The molecular weight excluding hydrogens is 320 g/mol. The molecule has 9 heteroatoms. The van der Waals surface area contributed by atoms with Crippen molar-refractivity contribution in [2.45, 2.75) is 26.3 Å². The van der Waals surface area contributed by atoms with Gasteiger partial charge in [0.25, 0.3) is 0 Å². The summed E-state index contributed by atoms with van der Waals surface area (Å²) in [4.78, 5) is 23.4. The molecule has 0 saturated heterocycles. The van der Waals surface area contributed by atoms with Gasteiger partial charge in [0.1, 0.15) is 5.82 Å². The first-order valence-electron chi connectivity index (χ1n) is 7.93. The van der Waals surface area contributed by atoms with Crippen LogP contribution in [0.4, 0.5) is 11.9 Å². The highest BCUT2D eigenvalue weighted by atomic mass is 16.5. The van der Waals surface area contributed by atoms with Gasteiger partial charge in [0, 0.05) is 38.0 Å². The molecule has 3 heterocycles. The van der Waals surface area contributed by atoms with Gasteiger partial charge in [-0.05, 0) is 12.1 Å². The number of anilines is 2. The van der Waals surface area contributed by atoms with Crippen LogP contribution in [0.3, 0.4) is 0 Å². The fourth-order valence-electron chi connectivity index (χ4n) is 2.02. The van der Waals surface area contributed by atoms with Gasteiger partial charge < -0.3 is 14.7 Å². The van der Waals surface area contributed by atoms with Gasteiger partial charge in [-0.25, -0.2) is 0 Å². The Morgan fingerprint density at radius 3 is 2.52 bits per heavy atom. The zero-order chi connectivity index (χ0) is 17.8. The van der Waals surface area contributed by atoms with Gasteiger partial charge in [-0.1, -0.05) is 19.0 Å². The second kappa shape index (κ2) is 7.20. The smallest absolute Gasteiger partial charge is 0.246 e. The third-order valence-electron chi connectivity index (χ3n) is 3.36. The van der Waals surface area contributed by atoms with Crippen molar-refractivity contribution in [1.29, 1.82) is 0 Å². The molecule has 3 aromatic rings. The Bertz CT molecular complexity index is 805. The molecule has 0 saturated carbocycles. The molecule has 9 nitrogen and oxygen atoms in total. The molecule has 0 spiro atoms. The van der Waals surface area contributed by atoms with Crippen LogP contribution in [0.25, 0.3) is 11.4 Å². The van der Waals surface area contributed by atoms with Crippen molar-refractivity contribution in [3.8, 4) is 11.4 Å². The first-order valence-corrected chi connectivity index (χ1v) is 7.93. The lowest BCUT2D eigenvalue weighted by Gasteiger charge is -2.14. The highest BCUT2D eigenvalue weighted by molar-refractivity contribution is 5.52. The minimum Gasteiger partial charge on any atom is -0.347 e. The van der Waals surface area contributed by atoms with Crippen LogP contribution < -0.4 is 10.2 Å². The van der Waals surface area contributed by atoms with Crippen molar-refractivity contribution in [2.75, 3.05) is 24.3 Å². The summed E-state index contributed by atoms with van der Waals surface area (Å²) in [6.07, 6.45) is 3.37. The number of aromatic nitrogens is 6. The second-order valence-corrected chi connectivity index (χ2v) is 5.97. The van der Waals surface area contributed by atoms with E-state index in [0.29, 0.717) is 30.2 Å². The van der Waals surface area contributed by atoms with Gasteiger partial charge in [-0.2, -0.15) is 19.9 Å². The summed E-state index contributed by atoms with van der Waals surface area (Å²) < 4.78 is 5.27. The fraction of sp³-hybridized carbons (Fsp3) is 0.375. The third kappa shape index (κ3) is 4.06. The maximum atomic E-state index is 5.27. The van der Waals surface area contributed by atoms with E-state index in [2.05, 4.69) is 35.4 Å². The molecule has 0 fully saturated rings. The van der Waals surface area contributed by atoms with E-state index < -0.39 is 0 Å². The predicted molar refractivity (Wildman–Crippen MR) is 93.1 cm³/mol. The normalized spacial score (nSPS) is 10.9. The van der Waals surface area contributed by atoms with E-state index in [4.69, 9.17) is 4.52 Å². The average Bonchev–Trinajstić information content (AvgIpc) is 3.09.